The zero-order valence-electron chi connectivity index (χ0n) is 16.1. The van der Waals surface area contributed by atoms with Crippen molar-refractivity contribution >= 4 is 45.1 Å². The highest BCUT2D eigenvalue weighted by Gasteiger charge is 2.12. The molecule has 0 saturated heterocycles. The van der Waals surface area contributed by atoms with Crippen molar-refractivity contribution in [2.75, 3.05) is 17.2 Å². The number of carbonyl (C=O) groups is 3. The molecular formula is C21H23BrN2O4. The van der Waals surface area contributed by atoms with E-state index >= 15 is 0 Å². The highest BCUT2D eigenvalue weighted by atomic mass is 79.9. The topological polar surface area (TPSA) is 84.5 Å². The molecular weight excluding hydrogens is 424 g/mol. The van der Waals surface area contributed by atoms with E-state index in [1.165, 1.54) is 0 Å². The number of anilines is 2. The Morgan fingerprint density at radius 2 is 1.54 bits per heavy atom. The molecule has 2 amide bonds. The van der Waals surface area contributed by atoms with Crippen LogP contribution in [0.1, 0.15) is 29.5 Å². The smallest absolute Gasteiger partial charge is 0.306 e. The lowest BCUT2D eigenvalue weighted by Gasteiger charge is -2.10. The molecule has 0 unspecified atom stereocenters. The van der Waals surface area contributed by atoms with Gasteiger partial charge in [0.2, 0.25) is 5.91 Å². The standard InChI is InChI=1S/C21H23BrN2O4/c1-13-6-4-5-7-17(13)24-18(25)8-9-20(27)28-12-19(26)23-16-10-14(2)21(22)15(3)11-16/h4-7,10-11H,8-9,12H2,1-3H3,(H,23,26)(H,24,25). The average molecular weight is 447 g/mol. The van der Waals surface area contributed by atoms with E-state index < -0.39 is 18.5 Å². The van der Waals surface area contributed by atoms with Crippen molar-refractivity contribution in [3.63, 3.8) is 0 Å². The van der Waals surface area contributed by atoms with Crippen LogP contribution in [0.5, 0.6) is 0 Å². The lowest BCUT2D eigenvalue weighted by atomic mass is 10.1. The molecule has 7 heteroatoms. The van der Waals surface area contributed by atoms with Crippen LogP contribution in [0.2, 0.25) is 0 Å². The number of hydrogen-bond acceptors (Lipinski definition) is 4. The molecule has 0 aliphatic rings. The average Bonchev–Trinajstić information content (AvgIpc) is 2.64. The summed E-state index contributed by atoms with van der Waals surface area (Å²) in [6.45, 7) is 5.34. The van der Waals surface area contributed by atoms with Crippen molar-refractivity contribution in [3.05, 3.63) is 57.6 Å². The van der Waals surface area contributed by atoms with Gasteiger partial charge in [-0.05, 0) is 55.7 Å². The van der Waals surface area contributed by atoms with Crippen LogP contribution >= 0.6 is 15.9 Å². The fourth-order valence-electron chi connectivity index (χ4n) is 2.57. The zero-order valence-corrected chi connectivity index (χ0v) is 17.7. The van der Waals surface area contributed by atoms with E-state index in [2.05, 4.69) is 26.6 Å². The summed E-state index contributed by atoms with van der Waals surface area (Å²) in [6, 6.07) is 11.0. The first-order valence-corrected chi connectivity index (χ1v) is 9.63. The van der Waals surface area contributed by atoms with E-state index in [0.29, 0.717) is 11.4 Å². The van der Waals surface area contributed by atoms with Gasteiger partial charge in [-0.25, -0.2) is 0 Å². The Balaban J connectivity index is 1.74. The van der Waals surface area contributed by atoms with Crippen LogP contribution < -0.4 is 10.6 Å². The Morgan fingerprint density at radius 3 is 2.18 bits per heavy atom. The first-order valence-electron chi connectivity index (χ1n) is 8.84. The third-order valence-electron chi connectivity index (χ3n) is 4.06. The second-order valence-electron chi connectivity index (χ2n) is 6.50. The second kappa shape index (κ2) is 10.0. The number of amides is 2. The summed E-state index contributed by atoms with van der Waals surface area (Å²) in [4.78, 5) is 35.7. The molecule has 0 saturated carbocycles. The van der Waals surface area contributed by atoms with Crippen molar-refractivity contribution in [2.24, 2.45) is 0 Å². The van der Waals surface area contributed by atoms with Gasteiger partial charge in [0.25, 0.3) is 5.91 Å². The SMILES string of the molecule is Cc1ccccc1NC(=O)CCC(=O)OCC(=O)Nc1cc(C)c(Br)c(C)c1. The molecule has 0 heterocycles. The van der Waals surface area contributed by atoms with Crippen LogP contribution in [0, 0.1) is 20.8 Å². The third kappa shape index (κ3) is 6.49. The fraction of sp³-hybridized carbons (Fsp3) is 0.286. The highest BCUT2D eigenvalue weighted by molar-refractivity contribution is 9.10. The quantitative estimate of drug-likeness (QED) is 0.621. The number of ether oxygens (including phenoxy) is 1. The first-order chi connectivity index (χ1) is 13.3. The Kier molecular flexibility index (Phi) is 7.75. The van der Waals surface area contributed by atoms with Gasteiger partial charge in [-0.1, -0.05) is 34.1 Å². The van der Waals surface area contributed by atoms with E-state index in [1.807, 2.05) is 51.1 Å². The summed E-state index contributed by atoms with van der Waals surface area (Å²) in [7, 11) is 0. The van der Waals surface area contributed by atoms with Gasteiger partial charge in [0.1, 0.15) is 0 Å². The van der Waals surface area contributed by atoms with Crippen LogP contribution in [-0.4, -0.2) is 24.4 Å². The molecule has 0 aliphatic carbocycles. The second-order valence-corrected chi connectivity index (χ2v) is 7.29. The molecule has 2 N–H and O–H groups in total. The Hall–Kier alpha value is -2.67. The maximum Gasteiger partial charge on any atom is 0.306 e. The molecule has 0 spiro atoms. The molecule has 6 nitrogen and oxygen atoms in total. The fourth-order valence-corrected chi connectivity index (χ4v) is 2.80. The number of nitrogens with one attached hydrogen (secondary N) is 2. The van der Waals surface area contributed by atoms with Crippen LogP contribution in [0.3, 0.4) is 0 Å². The van der Waals surface area contributed by atoms with Crippen LogP contribution in [0.25, 0.3) is 0 Å². The molecule has 148 valence electrons. The molecule has 28 heavy (non-hydrogen) atoms. The number of benzene rings is 2. The van der Waals surface area contributed by atoms with Gasteiger partial charge in [-0.2, -0.15) is 0 Å². The summed E-state index contributed by atoms with van der Waals surface area (Å²) in [5.41, 5.74) is 4.27. The monoisotopic (exact) mass is 446 g/mol. The molecule has 0 fully saturated rings. The van der Waals surface area contributed by atoms with E-state index in [4.69, 9.17) is 4.74 Å². The summed E-state index contributed by atoms with van der Waals surface area (Å²) >= 11 is 3.47. The molecule has 0 aromatic heterocycles. The number of aryl methyl sites for hydroxylation is 3. The number of hydrogen-bond donors (Lipinski definition) is 2. The van der Waals surface area contributed by atoms with Gasteiger partial charge in [0.05, 0.1) is 6.42 Å². The van der Waals surface area contributed by atoms with Gasteiger partial charge in [-0.3, -0.25) is 14.4 Å². The lowest BCUT2D eigenvalue weighted by molar-refractivity contribution is -0.147. The number of halogens is 1. The van der Waals surface area contributed by atoms with Gasteiger partial charge in [-0.15, -0.1) is 0 Å². The van der Waals surface area contributed by atoms with Crippen molar-refractivity contribution in [2.45, 2.75) is 33.6 Å². The number of carbonyl (C=O) groups excluding carboxylic acids is 3. The van der Waals surface area contributed by atoms with Crippen molar-refractivity contribution in [1.82, 2.24) is 0 Å². The Bertz CT molecular complexity index is 873. The van der Waals surface area contributed by atoms with E-state index in [1.54, 1.807) is 6.07 Å². The van der Waals surface area contributed by atoms with Crippen LogP contribution in [0.4, 0.5) is 11.4 Å². The van der Waals surface area contributed by atoms with Crippen LogP contribution in [-0.2, 0) is 19.1 Å². The van der Waals surface area contributed by atoms with E-state index in [0.717, 1.165) is 21.2 Å². The van der Waals surface area contributed by atoms with E-state index in [-0.39, 0.29) is 18.7 Å². The van der Waals surface area contributed by atoms with Gasteiger partial charge in [0, 0.05) is 22.3 Å². The summed E-state index contributed by atoms with van der Waals surface area (Å²) in [5, 5.41) is 5.44. The van der Waals surface area contributed by atoms with Crippen molar-refractivity contribution in [1.29, 1.82) is 0 Å². The number of esters is 1. The largest absolute Gasteiger partial charge is 0.456 e. The summed E-state index contributed by atoms with van der Waals surface area (Å²) in [6.07, 6.45) is -0.110. The minimum atomic E-state index is -0.599. The molecule has 2 aromatic rings. The molecule has 0 atom stereocenters. The molecule has 0 bridgehead atoms. The minimum Gasteiger partial charge on any atom is -0.456 e. The number of rotatable bonds is 7. The van der Waals surface area contributed by atoms with E-state index in [9.17, 15) is 14.4 Å². The molecule has 0 radical (unpaired) electrons. The Morgan fingerprint density at radius 1 is 0.893 bits per heavy atom. The lowest BCUT2D eigenvalue weighted by Crippen LogP contribution is -2.22. The predicted octanol–water partition coefficient (Wildman–Crippen LogP) is 4.27. The maximum atomic E-state index is 12.0. The maximum absolute atomic E-state index is 12.0. The summed E-state index contributed by atoms with van der Waals surface area (Å²) in [5.74, 6) is -1.31. The molecule has 0 aliphatic heterocycles. The normalized spacial score (nSPS) is 10.3. The highest BCUT2D eigenvalue weighted by Crippen LogP contribution is 2.24. The predicted molar refractivity (Wildman–Crippen MR) is 112 cm³/mol. The van der Waals surface area contributed by atoms with Gasteiger partial charge in [0.15, 0.2) is 6.61 Å². The Labute approximate surface area is 172 Å². The van der Waals surface area contributed by atoms with Crippen molar-refractivity contribution in [3.8, 4) is 0 Å². The molecule has 2 aromatic carbocycles. The first kappa shape index (κ1) is 21.6. The van der Waals surface area contributed by atoms with Gasteiger partial charge >= 0.3 is 5.97 Å². The van der Waals surface area contributed by atoms with Crippen LogP contribution in [0.15, 0.2) is 40.9 Å². The summed E-state index contributed by atoms with van der Waals surface area (Å²) < 4.78 is 5.93. The van der Waals surface area contributed by atoms with Gasteiger partial charge < -0.3 is 15.4 Å². The minimum absolute atomic E-state index is 0.0140. The molecule has 2 rings (SSSR count). The third-order valence-corrected chi connectivity index (χ3v) is 5.31. The van der Waals surface area contributed by atoms with Crippen molar-refractivity contribution < 1.29 is 19.1 Å². The number of para-hydroxylation sites is 1. The zero-order chi connectivity index (χ0) is 20.7.